The molecule has 2 saturated carbocycles. The molecule has 232 valence electrons. The number of aliphatic carboxylic acids is 1. The summed E-state index contributed by atoms with van der Waals surface area (Å²) in [6, 6.07) is 6.83. The van der Waals surface area contributed by atoms with E-state index in [1.807, 2.05) is 0 Å². The van der Waals surface area contributed by atoms with Crippen LogP contribution in [-0.4, -0.2) is 42.2 Å². The van der Waals surface area contributed by atoms with E-state index in [0.29, 0.717) is 11.3 Å². The van der Waals surface area contributed by atoms with Crippen LogP contribution in [0.1, 0.15) is 70.8 Å². The van der Waals surface area contributed by atoms with Crippen LogP contribution in [0.5, 0.6) is 5.75 Å². The number of benzene rings is 1. The lowest BCUT2D eigenvalue weighted by molar-refractivity contribution is -0.176. The van der Waals surface area contributed by atoms with Crippen molar-refractivity contribution in [2.24, 2.45) is 17.3 Å². The molecule has 2 aliphatic rings. The molecule has 0 radical (unpaired) electrons. The number of hydrogen-bond donors (Lipinski definition) is 2. The number of nitrogens with one attached hydrogen (secondary N) is 1. The zero-order chi connectivity index (χ0) is 31.6. The number of methoxy groups -OCH3 is 1. The lowest BCUT2D eigenvalue weighted by atomic mass is 9.83. The molecule has 0 heterocycles. The third-order valence-corrected chi connectivity index (χ3v) is 6.35. The van der Waals surface area contributed by atoms with E-state index >= 15 is 0 Å². The summed E-state index contributed by atoms with van der Waals surface area (Å²) >= 11 is 0. The van der Waals surface area contributed by atoms with Gasteiger partial charge in [0.15, 0.2) is 0 Å². The first-order valence-corrected chi connectivity index (χ1v) is 13.3. The van der Waals surface area contributed by atoms with Gasteiger partial charge in [-0.25, -0.2) is 4.79 Å². The van der Waals surface area contributed by atoms with Crippen molar-refractivity contribution >= 4 is 12.1 Å². The predicted octanol–water partition coefficient (Wildman–Crippen LogP) is 7.27. The predicted molar refractivity (Wildman–Crippen MR) is 142 cm³/mol. The van der Waals surface area contributed by atoms with Crippen LogP contribution in [0.4, 0.5) is 31.1 Å². The Labute approximate surface area is 241 Å². The van der Waals surface area contributed by atoms with E-state index < -0.39 is 48.2 Å². The van der Waals surface area contributed by atoms with Gasteiger partial charge in [0.25, 0.3) is 0 Å². The molecule has 2 fully saturated rings. The minimum atomic E-state index is -4.48. The topological polar surface area (TPSA) is 84.9 Å². The van der Waals surface area contributed by atoms with Gasteiger partial charge in [-0.2, -0.15) is 26.3 Å². The molecule has 2 atom stereocenters. The van der Waals surface area contributed by atoms with Crippen molar-refractivity contribution in [1.29, 1.82) is 0 Å². The fourth-order valence-electron chi connectivity index (χ4n) is 3.64. The molecule has 0 aromatic heterocycles. The minimum Gasteiger partial charge on any atom is -0.497 e. The first kappa shape index (κ1) is 34.7. The van der Waals surface area contributed by atoms with Gasteiger partial charge in [-0.3, -0.25) is 4.79 Å². The van der Waals surface area contributed by atoms with E-state index in [4.69, 9.17) is 14.6 Å². The Morgan fingerprint density at radius 2 is 1.38 bits per heavy atom. The minimum absolute atomic E-state index is 0.0499. The third-order valence-electron chi connectivity index (χ3n) is 6.35. The molecule has 1 aromatic carbocycles. The van der Waals surface area contributed by atoms with E-state index in [1.54, 1.807) is 24.3 Å². The fourth-order valence-corrected chi connectivity index (χ4v) is 3.64. The molecule has 0 aliphatic heterocycles. The van der Waals surface area contributed by atoms with Crippen LogP contribution >= 0.6 is 0 Å². The van der Waals surface area contributed by atoms with Gasteiger partial charge < -0.3 is 19.9 Å². The second kappa shape index (κ2) is 14.6. The molecule has 3 rings (SSSR count). The Morgan fingerprint density at radius 1 is 0.881 bits per heavy atom. The smallest absolute Gasteiger partial charge is 0.407 e. The maximum absolute atomic E-state index is 12.9. The number of alkyl halides is 6. The Kier molecular flexibility index (Phi) is 12.0. The van der Waals surface area contributed by atoms with E-state index in [0.717, 1.165) is 32.6 Å². The summed E-state index contributed by atoms with van der Waals surface area (Å²) in [5.74, 6) is 10.8. The van der Waals surface area contributed by atoms with Crippen LogP contribution in [-0.2, 0) is 16.1 Å². The van der Waals surface area contributed by atoms with Gasteiger partial charge in [-0.05, 0) is 57.2 Å². The number of ether oxygens (including phenoxy) is 2. The van der Waals surface area contributed by atoms with Crippen molar-refractivity contribution in [2.75, 3.05) is 7.11 Å². The van der Waals surface area contributed by atoms with Gasteiger partial charge in [0.2, 0.25) is 0 Å². The molecule has 2 unspecified atom stereocenters. The summed E-state index contributed by atoms with van der Waals surface area (Å²) in [7, 11) is 1.53. The summed E-state index contributed by atoms with van der Waals surface area (Å²) in [5, 5.41) is 11.1. The monoisotopic (exact) mass is 603 g/mol. The summed E-state index contributed by atoms with van der Waals surface area (Å²) in [6.45, 7) is 2.37. The zero-order valence-corrected chi connectivity index (χ0v) is 23.7. The Morgan fingerprint density at radius 3 is 1.81 bits per heavy atom. The number of halogens is 6. The highest BCUT2D eigenvalue weighted by Gasteiger charge is 2.44. The third kappa shape index (κ3) is 14.4. The van der Waals surface area contributed by atoms with Gasteiger partial charge in [0.1, 0.15) is 12.4 Å². The molecule has 2 N–H and O–H groups in total. The first-order chi connectivity index (χ1) is 19.4. The van der Waals surface area contributed by atoms with Gasteiger partial charge in [-0.15, -0.1) is 11.8 Å². The lowest BCUT2D eigenvalue weighted by Crippen LogP contribution is -2.48. The normalized spacial score (nSPS) is 17.4. The van der Waals surface area contributed by atoms with Crippen molar-refractivity contribution in [2.45, 2.75) is 89.7 Å². The van der Waals surface area contributed by atoms with Crippen molar-refractivity contribution < 1.29 is 50.5 Å². The number of carboxylic acids is 1. The van der Waals surface area contributed by atoms with Crippen LogP contribution in [0.15, 0.2) is 24.3 Å². The van der Waals surface area contributed by atoms with Crippen LogP contribution in [0.3, 0.4) is 0 Å². The second-order valence-corrected chi connectivity index (χ2v) is 11.1. The molecule has 12 heteroatoms. The van der Waals surface area contributed by atoms with Crippen LogP contribution in [0.2, 0.25) is 0 Å². The first-order valence-electron chi connectivity index (χ1n) is 13.3. The molecular weight excluding hydrogens is 568 g/mol. The van der Waals surface area contributed by atoms with Crippen molar-refractivity contribution in [1.82, 2.24) is 5.32 Å². The number of alkyl carbamates (subject to hydrolysis) is 1. The molecule has 0 bridgehead atoms. The van der Waals surface area contributed by atoms with E-state index in [2.05, 4.69) is 29.0 Å². The van der Waals surface area contributed by atoms with Crippen molar-refractivity contribution in [3.8, 4) is 29.4 Å². The number of carbonyl (C=O) groups excluding carboxylic acids is 1. The molecule has 1 aromatic rings. The summed E-state index contributed by atoms with van der Waals surface area (Å²) in [5.41, 5.74) is -2.66. The average Bonchev–Trinajstić information content (AvgIpc) is 3.77. The van der Waals surface area contributed by atoms with Gasteiger partial charge in [-0.1, -0.05) is 24.0 Å². The molecule has 1 amide bonds. The molecular formula is C30H35F6NO5. The summed E-state index contributed by atoms with van der Waals surface area (Å²) in [4.78, 5) is 22.8. The Balaban J connectivity index is 0.000000330. The van der Waals surface area contributed by atoms with Gasteiger partial charge >= 0.3 is 24.4 Å². The standard InChI is InChI=1S/C19H22F3NO3.C11H13F3O2/c1-18(13-19(20,21)22,11-3-4-14-5-6-14)23-17(24)26-12-15-7-9-16(25-2)10-8-15;1-10(9(15)16,7-11(12,13)14)6-2-3-8-4-5-8/h7-10,14H,5-6,11-13H2,1-2H3,(H,23,24);8H,4-7H2,1H3,(H,15,16). The van der Waals surface area contributed by atoms with Crippen molar-refractivity contribution in [3.63, 3.8) is 0 Å². The molecule has 6 nitrogen and oxygen atoms in total. The molecule has 42 heavy (non-hydrogen) atoms. The Hall–Kier alpha value is -3.54. The Bertz CT molecular complexity index is 1180. The van der Waals surface area contributed by atoms with E-state index in [-0.39, 0.29) is 31.3 Å². The summed E-state index contributed by atoms with van der Waals surface area (Å²) in [6.07, 6.45) is -8.73. The fraction of sp³-hybridized carbons (Fsp3) is 0.600. The number of amides is 1. The largest absolute Gasteiger partial charge is 0.497 e. The number of carboxylic acid groups (broad SMARTS) is 1. The highest BCUT2D eigenvalue weighted by molar-refractivity contribution is 5.74. The zero-order valence-electron chi connectivity index (χ0n) is 23.7. The molecule has 0 saturated heterocycles. The maximum atomic E-state index is 12.9. The highest BCUT2D eigenvalue weighted by Crippen LogP contribution is 2.36. The van der Waals surface area contributed by atoms with Gasteiger partial charge in [0, 0.05) is 24.7 Å². The van der Waals surface area contributed by atoms with E-state index in [1.165, 1.54) is 14.0 Å². The second-order valence-electron chi connectivity index (χ2n) is 11.1. The number of hydrogen-bond acceptors (Lipinski definition) is 4. The average molecular weight is 604 g/mol. The van der Waals surface area contributed by atoms with Crippen molar-refractivity contribution in [3.05, 3.63) is 29.8 Å². The number of carbonyl (C=O) groups is 2. The number of rotatable bonds is 9. The maximum Gasteiger partial charge on any atom is 0.407 e. The molecule has 2 aliphatic carbocycles. The van der Waals surface area contributed by atoms with Crippen LogP contribution in [0, 0.1) is 40.9 Å². The quantitative estimate of drug-likeness (QED) is 0.229. The lowest BCUT2D eigenvalue weighted by Gasteiger charge is -2.29. The van der Waals surface area contributed by atoms with Crippen LogP contribution < -0.4 is 10.1 Å². The molecule has 0 spiro atoms. The van der Waals surface area contributed by atoms with E-state index in [9.17, 15) is 35.9 Å². The summed E-state index contributed by atoms with van der Waals surface area (Å²) < 4.78 is 85.3. The van der Waals surface area contributed by atoms with Gasteiger partial charge in [0.05, 0.1) is 30.9 Å². The SMILES string of the molecule is CC(CC#CC1CC1)(CC(F)(F)F)C(=O)O.COc1ccc(COC(=O)NC(C)(CC#CC2CC2)CC(F)(F)F)cc1. The highest BCUT2D eigenvalue weighted by atomic mass is 19.4. The van der Waals surface area contributed by atoms with Crippen LogP contribution in [0.25, 0.3) is 0 Å².